The van der Waals surface area contributed by atoms with Crippen LogP contribution in [0.15, 0.2) is 109 Å². The summed E-state index contributed by atoms with van der Waals surface area (Å²) in [6, 6.07) is 36.2. The van der Waals surface area contributed by atoms with Crippen molar-refractivity contribution >= 4 is 38.9 Å². The third kappa shape index (κ3) is 2.95. The van der Waals surface area contributed by atoms with Crippen LogP contribution in [0.25, 0.3) is 32.9 Å². The molecule has 5 nitrogen and oxygen atoms in total. The molecule has 1 aliphatic heterocycles. The van der Waals surface area contributed by atoms with E-state index < -0.39 is 0 Å². The molecular formula is C30H21N3O2. The van der Waals surface area contributed by atoms with E-state index in [0.717, 1.165) is 61.5 Å². The Morgan fingerprint density at radius 3 is 1.86 bits per heavy atom. The molecule has 0 saturated carbocycles. The van der Waals surface area contributed by atoms with E-state index >= 15 is 0 Å². The summed E-state index contributed by atoms with van der Waals surface area (Å²) in [7, 11) is 0. The Morgan fingerprint density at radius 2 is 1.17 bits per heavy atom. The molecule has 0 amide bonds. The van der Waals surface area contributed by atoms with Crippen molar-refractivity contribution in [1.82, 2.24) is 4.68 Å². The first-order chi connectivity index (χ1) is 17.2. The summed E-state index contributed by atoms with van der Waals surface area (Å²) in [4.78, 5) is 2.23. The van der Waals surface area contributed by atoms with Crippen molar-refractivity contribution < 1.29 is 9.84 Å². The van der Waals surface area contributed by atoms with Crippen molar-refractivity contribution in [2.24, 2.45) is 0 Å². The van der Waals surface area contributed by atoms with Gasteiger partial charge in [0, 0.05) is 16.5 Å². The van der Waals surface area contributed by atoms with Crippen LogP contribution < -0.4 is 15.5 Å². The maximum atomic E-state index is 10.0. The molecule has 0 fully saturated rings. The molecule has 0 bridgehead atoms. The third-order valence-electron chi connectivity index (χ3n) is 6.68. The topological polar surface area (TPSA) is 63.7 Å². The highest BCUT2D eigenvalue weighted by atomic mass is 16.5. The number of para-hydroxylation sites is 4. The van der Waals surface area contributed by atoms with Gasteiger partial charge in [-0.2, -0.15) is 0 Å². The van der Waals surface area contributed by atoms with E-state index in [-0.39, 0.29) is 5.75 Å². The van der Waals surface area contributed by atoms with Gasteiger partial charge in [-0.05, 0) is 77.9 Å². The minimum atomic E-state index is 0.228. The van der Waals surface area contributed by atoms with Crippen LogP contribution in [0.5, 0.6) is 17.2 Å². The van der Waals surface area contributed by atoms with E-state index in [1.165, 1.54) is 0 Å². The SMILES string of the molecule is Nn1c2ccc(O)cc2c2cc(-c3ccc(N4c5ccccc5Oc5ccccc54)cc3)ccc21. The summed E-state index contributed by atoms with van der Waals surface area (Å²) >= 11 is 0. The lowest BCUT2D eigenvalue weighted by molar-refractivity contribution is 0.476. The number of hydrogen-bond acceptors (Lipinski definition) is 4. The number of phenolic OH excluding ortho intramolecular Hbond substituents is 1. The number of nitrogens with zero attached hydrogens (tertiary/aromatic N) is 2. The number of anilines is 3. The molecule has 0 spiro atoms. The van der Waals surface area contributed by atoms with E-state index in [2.05, 4.69) is 53.4 Å². The molecule has 1 aromatic heterocycles. The van der Waals surface area contributed by atoms with Gasteiger partial charge in [0.05, 0.1) is 22.4 Å². The Hall–Kier alpha value is -4.90. The van der Waals surface area contributed by atoms with E-state index in [4.69, 9.17) is 10.6 Å². The van der Waals surface area contributed by atoms with Gasteiger partial charge in [-0.3, -0.25) is 4.68 Å². The first-order valence-electron chi connectivity index (χ1n) is 11.5. The molecule has 0 aliphatic carbocycles. The highest BCUT2D eigenvalue weighted by Gasteiger charge is 2.25. The van der Waals surface area contributed by atoms with Gasteiger partial charge in [0.1, 0.15) is 5.75 Å². The fourth-order valence-electron chi connectivity index (χ4n) is 5.01. The van der Waals surface area contributed by atoms with Crippen LogP contribution in [-0.4, -0.2) is 9.78 Å². The first-order valence-corrected chi connectivity index (χ1v) is 11.5. The fraction of sp³-hybridized carbons (Fsp3) is 0. The number of aromatic hydroxyl groups is 1. The number of nitrogens with two attached hydrogens (primary N) is 1. The molecule has 168 valence electrons. The lowest BCUT2D eigenvalue weighted by atomic mass is 10.0. The normalized spacial score (nSPS) is 12.4. The maximum Gasteiger partial charge on any atom is 0.151 e. The number of hydrogen-bond donors (Lipinski definition) is 2. The summed E-state index contributed by atoms with van der Waals surface area (Å²) in [5.41, 5.74) is 7.07. The number of nitrogen functional groups attached to an aromatic ring is 1. The lowest BCUT2D eigenvalue weighted by Gasteiger charge is -2.32. The number of benzene rings is 5. The van der Waals surface area contributed by atoms with Crippen LogP contribution in [0, 0.1) is 0 Å². The summed E-state index contributed by atoms with van der Waals surface area (Å²) in [6.07, 6.45) is 0. The average molecular weight is 456 g/mol. The van der Waals surface area contributed by atoms with Crippen LogP contribution in [0.2, 0.25) is 0 Å². The quantitative estimate of drug-likeness (QED) is 0.266. The molecule has 5 heteroatoms. The zero-order chi connectivity index (χ0) is 23.5. The Kier molecular flexibility index (Phi) is 4.08. The first kappa shape index (κ1) is 19.6. The predicted molar refractivity (Wildman–Crippen MR) is 141 cm³/mol. The molecule has 0 saturated heterocycles. The van der Waals surface area contributed by atoms with Crippen molar-refractivity contribution in [3.63, 3.8) is 0 Å². The Bertz CT molecular complexity index is 1710. The zero-order valence-corrected chi connectivity index (χ0v) is 18.7. The molecule has 1 aliphatic rings. The van der Waals surface area contributed by atoms with E-state index in [9.17, 15) is 5.11 Å². The largest absolute Gasteiger partial charge is 0.508 e. The number of phenols is 1. The monoisotopic (exact) mass is 455 g/mol. The minimum Gasteiger partial charge on any atom is -0.508 e. The average Bonchev–Trinajstić information content (AvgIpc) is 3.18. The summed E-state index contributed by atoms with van der Waals surface area (Å²) in [5, 5.41) is 12.0. The minimum absolute atomic E-state index is 0.228. The molecule has 35 heavy (non-hydrogen) atoms. The number of rotatable bonds is 2. The van der Waals surface area contributed by atoms with Crippen molar-refractivity contribution in [3.05, 3.63) is 109 Å². The summed E-state index contributed by atoms with van der Waals surface area (Å²) in [6.45, 7) is 0. The molecule has 6 aromatic rings. The Balaban J connectivity index is 1.33. The van der Waals surface area contributed by atoms with Crippen molar-refractivity contribution in [3.8, 4) is 28.4 Å². The Morgan fingerprint density at radius 1 is 0.600 bits per heavy atom. The van der Waals surface area contributed by atoms with Crippen LogP contribution in [-0.2, 0) is 0 Å². The number of fused-ring (bicyclic) bond motifs is 5. The molecule has 5 aromatic carbocycles. The summed E-state index contributed by atoms with van der Waals surface area (Å²) in [5.74, 6) is 8.21. The van der Waals surface area contributed by atoms with Gasteiger partial charge in [-0.1, -0.05) is 42.5 Å². The molecular weight excluding hydrogens is 434 g/mol. The fourth-order valence-corrected chi connectivity index (χ4v) is 5.01. The lowest BCUT2D eigenvalue weighted by Crippen LogP contribution is -2.15. The van der Waals surface area contributed by atoms with E-state index in [1.54, 1.807) is 16.8 Å². The van der Waals surface area contributed by atoms with E-state index in [0.29, 0.717) is 0 Å². The highest BCUT2D eigenvalue weighted by molar-refractivity contribution is 6.09. The van der Waals surface area contributed by atoms with Crippen LogP contribution >= 0.6 is 0 Å². The van der Waals surface area contributed by atoms with Crippen LogP contribution in [0.3, 0.4) is 0 Å². The smallest absolute Gasteiger partial charge is 0.151 e. The van der Waals surface area contributed by atoms with Gasteiger partial charge in [0.2, 0.25) is 0 Å². The standard InChI is InChI=1S/C30H21N3O2/c31-33-25-15-11-20(17-23(25)24-18-22(34)14-16-26(24)33)19-9-12-21(13-10-19)32-27-5-1-3-7-29(27)35-30-8-4-2-6-28(30)32/h1-18,34H,31H2. The second-order valence-corrected chi connectivity index (χ2v) is 8.72. The predicted octanol–water partition coefficient (Wildman–Crippen LogP) is 7.46. The molecule has 0 unspecified atom stereocenters. The van der Waals surface area contributed by atoms with Crippen molar-refractivity contribution in [2.45, 2.75) is 0 Å². The number of aromatic nitrogens is 1. The zero-order valence-electron chi connectivity index (χ0n) is 18.7. The van der Waals surface area contributed by atoms with E-state index in [1.807, 2.05) is 48.5 Å². The number of ether oxygens (including phenoxy) is 1. The molecule has 0 radical (unpaired) electrons. The van der Waals surface area contributed by atoms with Gasteiger partial charge >= 0.3 is 0 Å². The van der Waals surface area contributed by atoms with Crippen molar-refractivity contribution in [1.29, 1.82) is 0 Å². The van der Waals surface area contributed by atoms with Crippen LogP contribution in [0.1, 0.15) is 0 Å². The van der Waals surface area contributed by atoms with Gasteiger partial charge in [0.15, 0.2) is 11.5 Å². The van der Waals surface area contributed by atoms with Gasteiger partial charge in [-0.15, -0.1) is 0 Å². The molecule has 2 heterocycles. The molecule has 0 atom stereocenters. The molecule has 3 N–H and O–H groups in total. The van der Waals surface area contributed by atoms with Gasteiger partial charge in [-0.25, -0.2) is 0 Å². The summed E-state index contributed by atoms with van der Waals surface area (Å²) < 4.78 is 7.81. The maximum absolute atomic E-state index is 10.0. The Labute approximate surface area is 201 Å². The second kappa shape index (κ2) is 7.30. The van der Waals surface area contributed by atoms with Gasteiger partial charge in [0.25, 0.3) is 0 Å². The van der Waals surface area contributed by atoms with Crippen LogP contribution in [0.4, 0.5) is 17.1 Å². The molecule has 7 rings (SSSR count). The van der Waals surface area contributed by atoms with Crippen molar-refractivity contribution in [2.75, 3.05) is 10.7 Å². The third-order valence-corrected chi connectivity index (χ3v) is 6.68. The second-order valence-electron chi connectivity index (χ2n) is 8.72. The highest BCUT2D eigenvalue weighted by Crippen LogP contribution is 2.50. The van der Waals surface area contributed by atoms with Gasteiger partial charge < -0.3 is 20.6 Å².